The summed E-state index contributed by atoms with van der Waals surface area (Å²) in [6.45, 7) is 0.628. The van der Waals surface area contributed by atoms with Crippen molar-refractivity contribution in [3.05, 3.63) is 96.6 Å². The lowest BCUT2D eigenvalue weighted by atomic mass is 10.1. The number of amides is 1. The Balaban J connectivity index is 1.20. The highest BCUT2D eigenvalue weighted by Gasteiger charge is 2.05. The van der Waals surface area contributed by atoms with Gasteiger partial charge in [0.05, 0.1) is 17.6 Å². The van der Waals surface area contributed by atoms with E-state index >= 15 is 0 Å². The van der Waals surface area contributed by atoms with Crippen LogP contribution in [0.2, 0.25) is 0 Å². The number of para-hydroxylation sites is 1. The van der Waals surface area contributed by atoms with Gasteiger partial charge < -0.3 is 5.32 Å². The molecular weight excluding hydrogens is 362 g/mol. The van der Waals surface area contributed by atoms with E-state index in [9.17, 15) is 4.79 Å². The highest BCUT2D eigenvalue weighted by atomic mass is 16.1. The van der Waals surface area contributed by atoms with E-state index in [1.165, 1.54) is 5.56 Å². The molecule has 0 spiro atoms. The van der Waals surface area contributed by atoms with Crippen molar-refractivity contribution in [2.75, 3.05) is 6.54 Å². The third-order valence-corrected chi connectivity index (χ3v) is 4.74. The van der Waals surface area contributed by atoms with Gasteiger partial charge in [0.15, 0.2) is 0 Å². The van der Waals surface area contributed by atoms with Crippen LogP contribution < -0.4 is 5.32 Å². The molecule has 0 aliphatic rings. The molecule has 0 unspecified atom stereocenters. The van der Waals surface area contributed by atoms with Crippen LogP contribution in [0.15, 0.2) is 85.5 Å². The van der Waals surface area contributed by atoms with Gasteiger partial charge in [-0.15, -0.1) is 0 Å². The molecule has 0 aliphatic heterocycles. The number of nitrogens with one attached hydrogen (secondary N) is 1. The van der Waals surface area contributed by atoms with E-state index in [4.69, 9.17) is 0 Å². The minimum absolute atomic E-state index is 0.0608. The van der Waals surface area contributed by atoms with Crippen LogP contribution in [0.4, 0.5) is 0 Å². The van der Waals surface area contributed by atoms with Gasteiger partial charge in [-0.25, -0.2) is 9.36 Å². The number of hydrogen-bond acceptors (Lipinski definition) is 3. The molecule has 4 rings (SSSR count). The molecule has 0 aliphatic carbocycles. The summed E-state index contributed by atoms with van der Waals surface area (Å²) in [6.07, 6.45) is 9.41. The van der Waals surface area contributed by atoms with E-state index in [0.29, 0.717) is 19.4 Å². The van der Waals surface area contributed by atoms with Crippen molar-refractivity contribution in [3.63, 3.8) is 0 Å². The predicted molar refractivity (Wildman–Crippen MR) is 112 cm³/mol. The maximum Gasteiger partial charge on any atom is 0.220 e. The second-order valence-electron chi connectivity index (χ2n) is 6.85. The van der Waals surface area contributed by atoms with E-state index in [-0.39, 0.29) is 5.91 Å². The Bertz CT molecular complexity index is 1040. The molecule has 4 aromatic rings. The minimum atomic E-state index is 0.0608. The second-order valence-corrected chi connectivity index (χ2v) is 6.85. The Hall–Kier alpha value is -3.67. The molecule has 0 radical (unpaired) electrons. The van der Waals surface area contributed by atoms with Gasteiger partial charge in [0, 0.05) is 31.6 Å². The number of nitrogens with zero attached hydrogens (tertiary/aromatic N) is 4. The molecule has 1 N–H and O–H groups in total. The molecule has 2 aromatic heterocycles. The van der Waals surface area contributed by atoms with Gasteiger partial charge in [-0.1, -0.05) is 30.3 Å². The third-order valence-electron chi connectivity index (χ3n) is 4.74. The van der Waals surface area contributed by atoms with Crippen molar-refractivity contribution in [3.8, 4) is 11.4 Å². The number of aryl methyl sites for hydroxylation is 1. The second kappa shape index (κ2) is 9.01. The van der Waals surface area contributed by atoms with Crippen LogP contribution in [-0.4, -0.2) is 32.0 Å². The van der Waals surface area contributed by atoms with Crippen molar-refractivity contribution in [1.82, 2.24) is 24.9 Å². The largest absolute Gasteiger partial charge is 0.356 e. The van der Waals surface area contributed by atoms with E-state index < -0.39 is 0 Å². The van der Waals surface area contributed by atoms with Crippen LogP contribution in [0.25, 0.3) is 11.4 Å². The first-order valence-electron chi connectivity index (χ1n) is 9.72. The highest BCUT2D eigenvalue weighted by Crippen LogP contribution is 2.10. The van der Waals surface area contributed by atoms with E-state index in [1.807, 2.05) is 76.5 Å². The van der Waals surface area contributed by atoms with Crippen LogP contribution in [0.5, 0.6) is 0 Å². The first-order chi connectivity index (χ1) is 14.3. The van der Waals surface area contributed by atoms with Crippen LogP contribution >= 0.6 is 0 Å². The van der Waals surface area contributed by atoms with Gasteiger partial charge >= 0.3 is 0 Å². The van der Waals surface area contributed by atoms with Gasteiger partial charge in [0.1, 0.15) is 0 Å². The van der Waals surface area contributed by atoms with Crippen molar-refractivity contribution in [1.29, 1.82) is 0 Å². The number of rotatable bonds is 8. The zero-order valence-electron chi connectivity index (χ0n) is 16.1. The van der Waals surface area contributed by atoms with Gasteiger partial charge in [0.2, 0.25) is 5.91 Å². The summed E-state index contributed by atoms with van der Waals surface area (Å²) in [5, 5.41) is 11.6. The number of benzene rings is 2. The average molecular weight is 385 g/mol. The van der Waals surface area contributed by atoms with Crippen molar-refractivity contribution in [2.24, 2.45) is 0 Å². The maximum absolute atomic E-state index is 12.1. The molecule has 6 heteroatoms. The Kier molecular flexibility index (Phi) is 5.81. The molecule has 0 saturated heterocycles. The predicted octanol–water partition coefficient (Wildman–Crippen LogP) is 3.35. The van der Waals surface area contributed by atoms with Crippen LogP contribution in [0, 0.1) is 0 Å². The fourth-order valence-electron chi connectivity index (χ4n) is 3.14. The molecule has 6 nitrogen and oxygen atoms in total. The third kappa shape index (κ3) is 4.99. The Morgan fingerprint density at radius 2 is 1.62 bits per heavy atom. The minimum Gasteiger partial charge on any atom is -0.356 e. The monoisotopic (exact) mass is 385 g/mol. The Morgan fingerprint density at radius 3 is 2.38 bits per heavy atom. The molecule has 2 aromatic carbocycles. The zero-order valence-corrected chi connectivity index (χ0v) is 16.1. The normalized spacial score (nSPS) is 10.8. The first kappa shape index (κ1) is 18.7. The molecule has 29 heavy (non-hydrogen) atoms. The summed E-state index contributed by atoms with van der Waals surface area (Å²) in [4.78, 5) is 12.1. The molecule has 2 heterocycles. The van der Waals surface area contributed by atoms with Gasteiger partial charge in [-0.2, -0.15) is 10.2 Å². The standard InChI is InChI=1S/C23H23N5O/c29-23(12-9-20-17-26-28(18-20)21-5-2-1-3-6-21)24-15-13-19-7-10-22(11-8-19)27-16-4-14-25-27/h1-8,10-11,14,16-18H,9,12-13,15H2,(H,24,29). The number of hydrogen-bond donors (Lipinski definition) is 1. The summed E-state index contributed by atoms with van der Waals surface area (Å²) in [6, 6.07) is 20.1. The summed E-state index contributed by atoms with van der Waals surface area (Å²) in [5.74, 6) is 0.0608. The fraction of sp³-hybridized carbons (Fsp3) is 0.174. The van der Waals surface area contributed by atoms with Crippen molar-refractivity contribution in [2.45, 2.75) is 19.3 Å². The molecule has 1 amide bonds. The van der Waals surface area contributed by atoms with Crippen LogP contribution in [0.1, 0.15) is 17.5 Å². The van der Waals surface area contributed by atoms with Gasteiger partial charge in [-0.3, -0.25) is 4.79 Å². The van der Waals surface area contributed by atoms with E-state index in [1.54, 1.807) is 6.20 Å². The lowest BCUT2D eigenvalue weighted by molar-refractivity contribution is -0.121. The topological polar surface area (TPSA) is 64.7 Å². The summed E-state index contributed by atoms with van der Waals surface area (Å²) < 4.78 is 3.66. The summed E-state index contributed by atoms with van der Waals surface area (Å²) in [5.41, 5.74) is 4.28. The molecular formula is C23H23N5O. The smallest absolute Gasteiger partial charge is 0.220 e. The fourth-order valence-corrected chi connectivity index (χ4v) is 3.14. The van der Waals surface area contributed by atoms with Gasteiger partial charge in [0.25, 0.3) is 0 Å². The molecule has 0 atom stereocenters. The Labute approximate surface area is 169 Å². The average Bonchev–Trinajstić information content (AvgIpc) is 3.46. The highest BCUT2D eigenvalue weighted by molar-refractivity contribution is 5.76. The number of carbonyl (C=O) groups excluding carboxylic acids is 1. The van der Waals surface area contributed by atoms with Crippen LogP contribution in [0.3, 0.4) is 0 Å². The molecule has 146 valence electrons. The quantitative estimate of drug-likeness (QED) is 0.506. The number of aromatic nitrogens is 4. The molecule has 0 saturated carbocycles. The summed E-state index contributed by atoms with van der Waals surface area (Å²) in [7, 11) is 0. The lowest BCUT2D eigenvalue weighted by Gasteiger charge is -2.06. The lowest BCUT2D eigenvalue weighted by Crippen LogP contribution is -2.25. The SMILES string of the molecule is O=C(CCc1cnn(-c2ccccc2)c1)NCCc1ccc(-n2cccn2)cc1. The first-order valence-corrected chi connectivity index (χ1v) is 9.72. The van der Waals surface area contributed by atoms with Crippen molar-refractivity contribution >= 4 is 5.91 Å². The Morgan fingerprint density at radius 1 is 0.828 bits per heavy atom. The van der Waals surface area contributed by atoms with E-state index in [2.05, 4.69) is 27.6 Å². The van der Waals surface area contributed by atoms with Crippen molar-refractivity contribution < 1.29 is 4.79 Å². The molecule has 0 fully saturated rings. The number of carbonyl (C=O) groups is 1. The summed E-state index contributed by atoms with van der Waals surface area (Å²) >= 11 is 0. The van der Waals surface area contributed by atoms with Crippen LogP contribution in [-0.2, 0) is 17.6 Å². The van der Waals surface area contributed by atoms with E-state index in [0.717, 1.165) is 23.4 Å². The molecule has 0 bridgehead atoms. The maximum atomic E-state index is 12.1. The van der Waals surface area contributed by atoms with Gasteiger partial charge in [-0.05, 0) is 54.3 Å². The zero-order chi connectivity index (χ0) is 19.9.